The maximum Gasteiger partial charge on any atom is 0.401 e. The van der Waals surface area contributed by atoms with Crippen LogP contribution in [-0.4, -0.2) is 69.3 Å². The van der Waals surface area contributed by atoms with E-state index in [1.54, 1.807) is 7.05 Å². The first kappa shape index (κ1) is 19.4. The lowest BCUT2D eigenvalue weighted by atomic mass is 10.3. The van der Waals surface area contributed by atoms with Crippen molar-refractivity contribution < 1.29 is 13.2 Å². The molecule has 8 heteroatoms. The van der Waals surface area contributed by atoms with E-state index in [9.17, 15) is 13.2 Å². The average molecular weight is 314 g/mol. The van der Waals surface area contributed by atoms with Gasteiger partial charge in [-0.2, -0.15) is 24.9 Å². The number of unbranched alkanes of at least 4 members (excludes halogenated alkanes) is 1. The van der Waals surface area contributed by atoms with E-state index in [1.807, 2.05) is 11.8 Å². The number of nitrogens with zero attached hydrogens (tertiary/aromatic N) is 2. The van der Waals surface area contributed by atoms with Gasteiger partial charge in [-0.3, -0.25) is 9.89 Å². The lowest BCUT2D eigenvalue weighted by Gasteiger charge is -2.19. The van der Waals surface area contributed by atoms with Gasteiger partial charge in [0.15, 0.2) is 5.96 Å². The van der Waals surface area contributed by atoms with Crippen LogP contribution in [0.3, 0.4) is 0 Å². The van der Waals surface area contributed by atoms with Gasteiger partial charge in [0, 0.05) is 26.7 Å². The molecular formula is C12H25F3N4S. The van der Waals surface area contributed by atoms with Crippen molar-refractivity contribution in [3.8, 4) is 0 Å². The topological polar surface area (TPSA) is 39.7 Å². The van der Waals surface area contributed by atoms with Crippen LogP contribution in [-0.2, 0) is 0 Å². The molecule has 0 unspecified atom stereocenters. The molecule has 0 aliphatic carbocycles. The second kappa shape index (κ2) is 11.1. The van der Waals surface area contributed by atoms with Gasteiger partial charge in [-0.05, 0) is 31.9 Å². The third-order valence-electron chi connectivity index (χ3n) is 2.53. The van der Waals surface area contributed by atoms with Crippen LogP contribution in [0, 0.1) is 0 Å². The quantitative estimate of drug-likeness (QED) is 0.387. The molecule has 0 amide bonds. The van der Waals surface area contributed by atoms with E-state index < -0.39 is 12.7 Å². The van der Waals surface area contributed by atoms with Crippen molar-refractivity contribution in [3.05, 3.63) is 0 Å². The van der Waals surface area contributed by atoms with E-state index in [0.29, 0.717) is 19.0 Å². The Kier molecular flexibility index (Phi) is 10.7. The Hall–Kier alpha value is -0.630. The van der Waals surface area contributed by atoms with Crippen molar-refractivity contribution in [2.24, 2.45) is 4.99 Å². The van der Waals surface area contributed by atoms with Crippen molar-refractivity contribution in [3.63, 3.8) is 0 Å². The number of guanidine groups is 1. The van der Waals surface area contributed by atoms with E-state index in [4.69, 9.17) is 0 Å². The second-order valence-electron chi connectivity index (χ2n) is 4.48. The standard InChI is InChI=1S/C12H25F3N4S/c1-16-11(17-6-4-5-9-20-3)18-7-8-19(2)10-12(13,14)15/h4-10H2,1-3H3,(H2,16,17,18). The smallest absolute Gasteiger partial charge is 0.356 e. The number of aliphatic imine (C=N–C) groups is 1. The van der Waals surface area contributed by atoms with Gasteiger partial charge in [0.1, 0.15) is 0 Å². The van der Waals surface area contributed by atoms with Crippen LogP contribution in [0.15, 0.2) is 4.99 Å². The number of hydrogen-bond acceptors (Lipinski definition) is 3. The highest BCUT2D eigenvalue weighted by atomic mass is 32.2. The van der Waals surface area contributed by atoms with Gasteiger partial charge >= 0.3 is 6.18 Å². The zero-order chi connectivity index (χ0) is 15.4. The Morgan fingerprint density at radius 3 is 2.40 bits per heavy atom. The predicted octanol–water partition coefficient (Wildman–Crippen LogP) is 1.79. The van der Waals surface area contributed by atoms with Crippen LogP contribution >= 0.6 is 11.8 Å². The molecule has 0 radical (unpaired) electrons. The fraction of sp³-hybridized carbons (Fsp3) is 0.917. The van der Waals surface area contributed by atoms with Gasteiger partial charge in [0.25, 0.3) is 0 Å². The summed E-state index contributed by atoms with van der Waals surface area (Å²) in [5.74, 6) is 1.77. The molecule has 4 nitrogen and oxygen atoms in total. The molecule has 2 N–H and O–H groups in total. The summed E-state index contributed by atoms with van der Waals surface area (Å²) >= 11 is 1.82. The predicted molar refractivity (Wildman–Crippen MR) is 80.5 cm³/mol. The highest BCUT2D eigenvalue weighted by molar-refractivity contribution is 7.98. The third kappa shape index (κ3) is 12.4. The number of nitrogens with one attached hydrogen (secondary N) is 2. The van der Waals surface area contributed by atoms with E-state index in [1.165, 1.54) is 11.9 Å². The molecule has 0 fully saturated rings. The maximum atomic E-state index is 12.1. The Bertz CT molecular complexity index is 272. The summed E-state index contributed by atoms with van der Waals surface area (Å²) in [5.41, 5.74) is 0. The first-order chi connectivity index (χ1) is 9.39. The number of likely N-dealkylation sites (N-methyl/N-ethyl adjacent to an activating group) is 1. The molecule has 0 aromatic carbocycles. The van der Waals surface area contributed by atoms with Gasteiger partial charge in [0.2, 0.25) is 0 Å². The summed E-state index contributed by atoms with van der Waals surface area (Å²) < 4.78 is 36.4. The largest absolute Gasteiger partial charge is 0.401 e. The van der Waals surface area contributed by atoms with Crippen LogP contribution in [0.2, 0.25) is 0 Å². The summed E-state index contributed by atoms with van der Waals surface area (Å²) in [5, 5.41) is 6.14. The van der Waals surface area contributed by atoms with Crippen LogP contribution < -0.4 is 10.6 Å². The summed E-state index contributed by atoms with van der Waals surface area (Å²) in [4.78, 5) is 5.26. The van der Waals surface area contributed by atoms with Crippen LogP contribution in [0.5, 0.6) is 0 Å². The van der Waals surface area contributed by atoms with E-state index in [2.05, 4.69) is 21.9 Å². The molecule has 0 heterocycles. The Balaban J connectivity index is 3.70. The minimum absolute atomic E-state index is 0.312. The lowest BCUT2D eigenvalue weighted by molar-refractivity contribution is -0.142. The number of alkyl halides is 3. The molecule has 0 aromatic rings. The van der Waals surface area contributed by atoms with E-state index in [-0.39, 0.29) is 0 Å². The number of hydrogen-bond donors (Lipinski definition) is 2. The first-order valence-electron chi connectivity index (χ1n) is 6.58. The first-order valence-corrected chi connectivity index (χ1v) is 7.97. The summed E-state index contributed by atoms with van der Waals surface area (Å²) in [6.45, 7) is 0.664. The molecule has 0 saturated carbocycles. The Labute approximate surface area is 123 Å². The Morgan fingerprint density at radius 1 is 1.20 bits per heavy atom. The zero-order valence-electron chi connectivity index (χ0n) is 12.4. The molecule has 0 aliphatic heterocycles. The van der Waals surface area contributed by atoms with E-state index in [0.717, 1.165) is 25.1 Å². The van der Waals surface area contributed by atoms with Crippen LogP contribution in [0.4, 0.5) is 13.2 Å². The van der Waals surface area contributed by atoms with Gasteiger partial charge in [-0.15, -0.1) is 0 Å². The number of rotatable bonds is 9. The Morgan fingerprint density at radius 2 is 1.85 bits per heavy atom. The monoisotopic (exact) mass is 314 g/mol. The van der Waals surface area contributed by atoms with Crippen molar-refractivity contribution in [2.75, 3.05) is 52.3 Å². The van der Waals surface area contributed by atoms with E-state index >= 15 is 0 Å². The van der Waals surface area contributed by atoms with Gasteiger partial charge in [-0.1, -0.05) is 0 Å². The van der Waals surface area contributed by atoms with Gasteiger partial charge < -0.3 is 10.6 Å². The highest BCUT2D eigenvalue weighted by Crippen LogP contribution is 2.14. The van der Waals surface area contributed by atoms with Gasteiger partial charge in [-0.25, -0.2) is 0 Å². The van der Waals surface area contributed by atoms with Crippen molar-refractivity contribution in [1.29, 1.82) is 0 Å². The summed E-state index contributed by atoms with van der Waals surface area (Å²) in [6.07, 6.45) is 0.117. The number of halogens is 3. The molecule has 120 valence electrons. The normalized spacial score (nSPS) is 12.8. The molecule has 0 saturated heterocycles. The fourth-order valence-electron chi connectivity index (χ4n) is 1.55. The van der Waals surface area contributed by atoms with Crippen molar-refractivity contribution >= 4 is 17.7 Å². The molecule has 0 rings (SSSR count). The SMILES string of the molecule is CN=C(NCCCCSC)NCCN(C)CC(F)(F)F. The molecule has 0 spiro atoms. The summed E-state index contributed by atoms with van der Waals surface area (Å²) in [6, 6.07) is 0. The molecular weight excluding hydrogens is 289 g/mol. The second-order valence-corrected chi connectivity index (χ2v) is 5.46. The zero-order valence-corrected chi connectivity index (χ0v) is 13.2. The molecule has 0 aliphatic rings. The minimum Gasteiger partial charge on any atom is -0.356 e. The molecule has 0 aromatic heterocycles. The highest BCUT2D eigenvalue weighted by Gasteiger charge is 2.28. The van der Waals surface area contributed by atoms with Crippen molar-refractivity contribution in [1.82, 2.24) is 15.5 Å². The lowest BCUT2D eigenvalue weighted by Crippen LogP contribution is -2.42. The van der Waals surface area contributed by atoms with Crippen molar-refractivity contribution in [2.45, 2.75) is 19.0 Å². The van der Waals surface area contributed by atoms with Crippen LogP contribution in [0.1, 0.15) is 12.8 Å². The van der Waals surface area contributed by atoms with Crippen LogP contribution in [0.25, 0.3) is 0 Å². The molecule has 0 atom stereocenters. The van der Waals surface area contributed by atoms with Gasteiger partial charge in [0.05, 0.1) is 6.54 Å². The average Bonchev–Trinajstić information content (AvgIpc) is 2.34. The molecule has 0 bridgehead atoms. The number of thioether (sulfide) groups is 1. The fourth-order valence-corrected chi connectivity index (χ4v) is 2.04. The minimum atomic E-state index is -4.15. The maximum absolute atomic E-state index is 12.1. The summed E-state index contributed by atoms with van der Waals surface area (Å²) in [7, 11) is 3.10. The molecule has 20 heavy (non-hydrogen) atoms. The third-order valence-corrected chi connectivity index (χ3v) is 3.22.